The Labute approximate surface area is 108 Å². The fourth-order valence-electron chi connectivity index (χ4n) is 2.44. The second-order valence-electron chi connectivity index (χ2n) is 6.85. The van der Waals surface area contributed by atoms with Crippen LogP contribution in [0.1, 0.15) is 59.8 Å². The molecule has 0 heterocycles. The van der Waals surface area contributed by atoms with Crippen LogP contribution in [-0.2, 0) is 4.74 Å². The van der Waals surface area contributed by atoms with Crippen molar-refractivity contribution in [3.63, 3.8) is 0 Å². The first-order chi connectivity index (χ1) is 7.97. The maximum absolute atomic E-state index is 5.67. The van der Waals surface area contributed by atoms with Gasteiger partial charge in [0.05, 0.1) is 6.61 Å². The van der Waals surface area contributed by atoms with Crippen LogP contribution in [0.2, 0.25) is 0 Å². The van der Waals surface area contributed by atoms with Crippen molar-refractivity contribution >= 4 is 0 Å². The number of hydrogen-bond acceptors (Lipinski definition) is 2. The van der Waals surface area contributed by atoms with Gasteiger partial charge in [-0.05, 0) is 30.6 Å². The molecule has 102 valence electrons. The summed E-state index contributed by atoms with van der Waals surface area (Å²) in [6.07, 6.45) is 6.66. The summed E-state index contributed by atoms with van der Waals surface area (Å²) in [7, 11) is 0. The van der Waals surface area contributed by atoms with Crippen LogP contribution in [0.4, 0.5) is 0 Å². The third-order valence-electron chi connectivity index (χ3n) is 3.61. The predicted octanol–water partition coefficient (Wildman–Crippen LogP) is 3.61. The summed E-state index contributed by atoms with van der Waals surface area (Å²) in [6, 6.07) is 0.741. The summed E-state index contributed by atoms with van der Waals surface area (Å²) in [5, 5.41) is 3.62. The number of hydrogen-bond donors (Lipinski definition) is 1. The molecule has 2 nitrogen and oxygen atoms in total. The fourth-order valence-corrected chi connectivity index (χ4v) is 2.44. The first kappa shape index (κ1) is 15.0. The average Bonchev–Trinajstić information content (AvgIpc) is 2.22. The van der Waals surface area contributed by atoms with E-state index in [0.717, 1.165) is 38.1 Å². The molecule has 2 atom stereocenters. The van der Waals surface area contributed by atoms with Gasteiger partial charge in [-0.15, -0.1) is 0 Å². The zero-order chi connectivity index (χ0) is 12.7. The third-order valence-corrected chi connectivity index (χ3v) is 3.61. The standard InChI is InChI=1S/C15H31NO/c1-13-6-5-7-14(12-13)16-9-11-17-10-8-15(2,3)4/h13-14,16H,5-12H2,1-4H3. The quantitative estimate of drug-likeness (QED) is 0.717. The van der Waals surface area contributed by atoms with Crippen LogP contribution in [0.5, 0.6) is 0 Å². The molecule has 17 heavy (non-hydrogen) atoms. The van der Waals surface area contributed by atoms with Crippen molar-refractivity contribution in [2.24, 2.45) is 11.3 Å². The predicted molar refractivity (Wildman–Crippen MR) is 74.3 cm³/mol. The first-order valence-corrected chi connectivity index (χ1v) is 7.28. The second-order valence-corrected chi connectivity index (χ2v) is 6.85. The van der Waals surface area contributed by atoms with Gasteiger partial charge in [-0.25, -0.2) is 0 Å². The van der Waals surface area contributed by atoms with Crippen LogP contribution in [0.25, 0.3) is 0 Å². The molecule has 1 aliphatic rings. The normalized spacial score (nSPS) is 26.1. The molecule has 1 N–H and O–H groups in total. The molecule has 0 aromatic carbocycles. The minimum absolute atomic E-state index is 0.395. The highest BCUT2D eigenvalue weighted by molar-refractivity contribution is 4.75. The van der Waals surface area contributed by atoms with Crippen LogP contribution in [-0.4, -0.2) is 25.8 Å². The molecule has 1 rings (SSSR count). The first-order valence-electron chi connectivity index (χ1n) is 7.28. The van der Waals surface area contributed by atoms with Crippen molar-refractivity contribution in [1.29, 1.82) is 0 Å². The lowest BCUT2D eigenvalue weighted by molar-refractivity contribution is 0.106. The van der Waals surface area contributed by atoms with Crippen molar-refractivity contribution in [2.75, 3.05) is 19.8 Å². The summed E-state index contributed by atoms with van der Waals surface area (Å²) in [5.74, 6) is 0.906. The van der Waals surface area contributed by atoms with Gasteiger partial charge in [0.25, 0.3) is 0 Å². The molecular formula is C15H31NO. The van der Waals surface area contributed by atoms with Gasteiger partial charge in [-0.2, -0.15) is 0 Å². The van der Waals surface area contributed by atoms with Crippen LogP contribution >= 0.6 is 0 Å². The molecule has 1 fully saturated rings. The van der Waals surface area contributed by atoms with E-state index in [1.165, 1.54) is 25.7 Å². The molecule has 0 aliphatic heterocycles. The Morgan fingerprint density at radius 3 is 2.59 bits per heavy atom. The van der Waals surface area contributed by atoms with Crippen molar-refractivity contribution in [2.45, 2.75) is 65.8 Å². The third kappa shape index (κ3) is 7.77. The van der Waals surface area contributed by atoms with E-state index in [9.17, 15) is 0 Å². The highest BCUT2D eigenvalue weighted by Crippen LogP contribution is 2.23. The Hall–Kier alpha value is -0.0800. The molecule has 0 radical (unpaired) electrons. The lowest BCUT2D eigenvalue weighted by Gasteiger charge is -2.27. The van der Waals surface area contributed by atoms with Crippen LogP contribution < -0.4 is 5.32 Å². The minimum atomic E-state index is 0.395. The Morgan fingerprint density at radius 1 is 1.18 bits per heavy atom. The molecule has 0 aromatic heterocycles. The Balaban J connectivity index is 1.93. The SMILES string of the molecule is CC1CCCC(NCCOCCC(C)(C)C)C1. The van der Waals surface area contributed by atoms with Crippen molar-refractivity contribution < 1.29 is 4.74 Å². The van der Waals surface area contributed by atoms with E-state index >= 15 is 0 Å². The summed E-state index contributed by atoms with van der Waals surface area (Å²) < 4.78 is 5.67. The van der Waals surface area contributed by atoms with E-state index in [1.807, 2.05) is 0 Å². The number of nitrogens with one attached hydrogen (secondary N) is 1. The van der Waals surface area contributed by atoms with Gasteiger partial charge in [-0.1, -0.05) is 40.5 Å². The van der Waals surface area contributed by atoms with Crippen molar-refractivity contribution in [3.05, 3.63) is 0 Å². The summed E-state index contributed by atoms with van der Waals surface area (Å²) in [6.45, 7) is 11.9. The van der Waals surface area contributed by atoms with Gasteiger partial charge in [0, 0.05) is 19.2 Å². The smallest absolute Gasteiger partial charge is 0.0591 e. The zero-order valence-electron chi connectivity index (χ0n) is 12.2. The fraction of sp³-hybridized carbons (Fsp3) is 1.00. The maximum atomic E-state index is 5.67. The van der Waals surface area contributed by atoms with Gasteiger partial charge in [0.1, 0.15) is 0 Å². The molecule has 0 bridgehead atoms. The molecule has 0 aromatic rings. The highest BCUT2D eigenvalue weighted by Gasteiger charge is 2.17. The van der Waals surface area contributed by atoms with E-state index in [-0.39, 0.29) is 0 Å². The van der Waals surface area contributed by atoms with Gasteiger partial charge >= 0.3 is 0 Å². The van der Waals surface area contributed by atoms with Crippen molar-refractivity contribution in [1.82, 2.24) is 5.32 Å². The van der Waals surface area contributed by atoms with Crippen LogP contribution in [0.3, 0.4) is 0 Å². The Morgan fingerprint density at radius 2 is 1.94 bits per heavy atom. The summed E-state index contributed by atoms with van der Waals surface area (Å²) in [5.41, 5.74) is 0.395. The lowest BCUT2D eigenvalue weighted by atomic mass is 9.87. The highest BCUT2D eigenvalue weighted by atomic mass is 16.5. The van der Waals surface area contributed by atoms with E-state index in [0.29, 0.717) is 5.41 Å². The second kappa shape index (κ2) is 7.38. The zero-order valence-corrected chi connectivity index (χ0v) is 12.2. The van der Waals surface area contributed by atoms with E-state index < -0.39 is 0 Å². The van der Waals surface area contributed by atoms with Gasteiger partial charge in [-0.3, -0.25) is 0 Å². The minimum Gasteiger partial charge on any atom is -0.380 e. The van der Waals surface area contributed by atoms with Gasteiger partial charge in [0.2, 0.25) is 0 Å². The lowest BCUT2D eigenvalue weighted by Crippen LogP contribution is -2.35. The molecular weight excluding hydrogens is 210 g/mol. The number of ether oxygens (including phenoxy) is 1. The summed E-state index contributed by atoms with van der Waals surface area (Å²) >= 11 is 0. The molecule has 0 spiro atoms. The number of rotatable bonds is 6. The largest absolute Gasteiger partial charge is 0.380 e. The van der Waals surface area contributed by atoms with Crippen molar-refractivity contribution in [3.8, 4) is 0 Å². The van der Waals surface area contributed by atoms with Crippen LogP contribution in [0.15, 0.2) is 0 Å². The Bertz CT molecular complexity index is 198. The van der Waals surface area contributed by atoms with E-state index in [1.54, 1.807) is 0 Å². The van der Waals surface area contributed by atoms with E-state index in [4.69, 9.17) is 4.74 Å². The molecule has 0 amide bonds. The molecule has 2 unspecified atom stereocenters. The molecule has 1 aliphatic carbocycles. The topological polar surface area (TPSA) is 21.3 Å². The van der Waals surface area contributed by atoms with Crippen LogP contribution in [0, 0.1) is 11.3 Å². The van der Waals surface area contributed by atoms with E-state index in [2.05, 4.69) is 33.0 Å². The maximum Gasteiger partial charge on any atom is 0.0591 e. The molecule has 1 saturated carbocycles. The molecule has 0 saturated heterocycles. The molecule has 2 heteroatoms. The monoisotopic (exact) mass is 241 g/mol. The average molecular weight is 241 g/mol. The Kier molecular flexibility index (Phi) is 6.50. The van der Waals surface area contributed by atoms with Gasteiger partial charge < -0.3 is 10.1 Å². The van der Waals surface area contributed by atoms with Gasteiger partial charge in [0.15, 0.2) is 0 Å². The summed E-state index contributed by atoms with van der Waals surface area (Å²) in [4.78, 5) is 0.